The second-order valence-corrected chi connectivity index (χ2v) is 11.2. The number of carbonyl (C=O) groups excluding carboxylic acids is 3. The normalized spacial score (nSPS) is 18.4. The number of rotatable bonds is 4. The zero-order valence-electron chi connectivity index (χ0n) is 21.9. The van der Waals surface area contributed by atoms with Crippen molar-refractivity contribution in [3.05, 3.63) is 101 Å². The highest BCUT2D eigenvalue weighted by atomic mass is 16.6. The molecule has 2 atom stereocenters. The third-order valence-corrected chi connectivity index (χ3v) is 7.29. The van der Waals surface area contributed by atoms with E-state index in [2.05, 4.69) is 20.6 Å². The molecule has 6 rings (SSSR count). The molecule has 4 aromatic rings. The maximum atomic E-state index is 13.3. The van der Waals surface area contributed by atoms with Gasteiger partial charge in [0.25, 0.3) is 5.91 Å². The number of anilines is 1. The van der Waals surface area contributed by atoms with Gasteiger partial charge in [-0.1, -0.05) is 36.4 Å². The summed E-state index contributed by atoms with van der Waals surface area (Å²) in [5, 5.41) is 6.55. The molecule has 0 radical (unpaired) electrons. The summed E-state index contributed by atoms with van der Waals surface area (Å²) in [4.78, 5) is 48.3. The molecule has 2 aliphatic rings. The van der Waals surface area contributed by atoms with Crippen molar-refractivity contribution in [3.63, 3.8) is 0 Å². The number of aromatic nitrogens is 2. The maximum Gasteiger partial charge on any atom is 0.333 e. The van der Waals surface area contributed by atoms with Gasteiger partial charge in [0, 0.05) is 23.3 Å². The Hall–Kier alpha value is -4.59. The number of nitrogens with zero attached hydrogens (tertiary/aromatic N) is 2. The van der Waals surface area contributed by atoms with Crippen molar-refractivity contribution in [2.24, 2.45) is 0 Å². The number of nitrogens with one attached hydrogen (secondary N) is 2. The van der Waals surface area contributed by atoms with E-state index < -0.39 is 28.9 Å². The van der Waals surface area contributed by atoms with Crippen molar-refractivity contribution in [3.8, 4) is 0 Å². The van der Waals surface area contributed by atoms with Crippen LogP contribution in [0.15, 0.2) is 73.1 Å². The maximum absolute atomic E-state index is 13.3. The van der Waals surface area contributed by atoms with E-state index in [0.29, 0.717) is 29.8 Å². The topological polar surface area (TPSA) is 110 Å². The lowest BCUT2D eigenvalue weighted by molar-refractivity contribution is -0.157. The minimum atomic E-state index is -0.969. The fourth-order valence-corrected chi connectivity index (χ4v) is 5.52. The Morgan fingerprint density at radius 2 is 1.74 bits per heavy atom. The summed E-state index contributed by atoms with van der Waals surface area (Å²) in [6.07, 6.45) is 4.30. The van der Waals surface area contributed by atoms with Crippen LogP contribution in [0, 0.1) is 0 Å². The Morgan fingerprint density at radius 3 is 2.49 bits per heavy atom. The van der Waals surface area contributed by atoms with Crippen LogP contribution >= 0.6 is 0 Å². The zero-order chi connectivity index (χ0) is 27.4. The van der Waals surface area contributed by atoms with Gasteiger partial charge >= 0.3 is 5.97 Å². The Kier molecular flexibility index (Phi) is 5.71. The minimum absolute atomic E-state index is 0.0430. The smallest absolute Gasteiger partial charge is 0.333 e. The lowest BCUT2D eigenvalue weighted by Gasteiger charge is -2.25. The summed E-state index contributed by atoms with van der Waals surface area (Å²) in [6.45, 7) is 5.36. The Morgan fingerprint density at radius 1 is 1.00 bits per heavy atom. The van der Waals surface area contributed by atoms with Gasteiger partial charge < -0.3 is 15.4 Å². The highest BCUT2D eigenvalue weighted by Gasteiger charge is 2.51. The molecule has 1 unspecified atom stereocenters. The molecule has 0 saturated carbocycles. The quantitative estimate of drug-likeness (QED) is 0.385. The number of carbonyl (C=O) groups is 3. The number of fused-ring (bicyclic) bond motifs is 4. The first-order valence-electron chi connectivity index (χ1n) is 12.9. The largest absolute Gasteiger partial charge is 0.458 e. The van der Waals surface area contributed by atoms with E-state index in [0.717, 1.165) is 27.6 Å². The van der Waals surface area contributed by atoms with Crippen LogP contribution in [0.3, 0.4) is 0 Å². The molecule has 8 nitrogen and oxygen atoms in total. The van der Waals surface area contributed by atoms with Gasteiger partial charge in [-0.15, -0.1) is 0 Å². The van der Waals surface area contributed by atoms with E-state index in [1.54, 1.807) is 45.2 Å². The molecule has 8 heteroatoms. The fraction of sp³-hybridized carbons (Fsp3) is 0.258. The number of hydrogen-bond acceptors (Lipinski definition) is 6. The molecule has 2 aromatic heterocycles. The average Bonchev–Trinajstić information content (AvgIpc) is 3.41. The molecule has 39 heavy (non-hydrogen) atoms. The molecular formula is C31H28N4O4. The molecule has 0 saturated heterocycles. The highest BCUT2D eigenvalue weighted by molar-refractivity contribution is 6.06. The van der Waals surface area contributed by atoms with E-state index in [-0.39, 0.29) is 5.91 Å². The summed E-state index contributed by atoms with van der Waals surface area (Å²) in [5.74, 6) is -0.395. The molecule has 196 valence electrons. The third kappa shape index (κ3) is 4.41. The molecule has 1 aliphatic heterocycles. The van der Waals surface area contributed by atoms with Crippen LogP contribution in [0.1, 0.15) is 59.4 Å². The van der Waals surface area contributed by atoms with Gasteiger partial charge in [-0.25, -0.2) is 9.78 Å². The van der Waals surface area contributed by atoms with Gasteiger partial charge in [0.05, 0.1) is 16.5 Å². The third-order valence-electron chi connectivity index (χ3n) is 7.29. The number of esters is 1. The first kappa shape index (κ1) is 24.7. The predicted octanol–water partition coefficient (Wildman–Crippen LogP) is 4.43. The summed E-state index contributed by atoms with van der Waals surface area (Å²) >= 11 is 0. The van der Waals surface area contributed by atoms with Crippen molar-refractivity contribution in [2.45, 2.75) is 50.7 Å². The molecule has 2 N–H and O–H groups in total. The predicted molar refractivity (Wildman–Crippen MR) is 146 cm³/mol. The molecule has 0 fully saturated rings. The van der Waals surface area contributed by atoms with Crippen molar-refractivity contribution in [1.82, 2.24) is 15.3 Å². The van der Waals surface area contributed by atoms with Crippen LogP contribution in [-0.2, 0) is 32.6 Å². The Labute approximate surface area is 225 Å². The van der Waals surface area contributed by atoms with E-state index in [9.17, 15) is 14.4 Å². The number of amides is 2. The summed E-state index contributed by atoms with van der Waals surface area (Å²) < 4.78 is 5.58. The second-order valence-electron chi connectivity index (χ2n) is 11.2. The van der Waals surface area contributed by atoms with Crippen LogP contribution in [0.4, 0.5) is 5.82 Å². The van der Waals surface area contributed by atoms with Crippen LogP contribution < -0.4 is 10.6 Å². The standard InChI is InChI=1S/C31H28N4O4/c1-30(2,3)39-28(37)25(18-8-5-4-6-9-18)34-27(36)22-13-19-12-20-15-31(16-21(20)14-24(19)33-17-22)23-10-7-11-32-26(23)35-29(31)38/h4-14,17,25H,15-16H2,1-3H3,(H,34,36)(H,32,35,38)/t25?,31-/m0/s1. The molecule has 2 aromatic carbocycles. The van der Waals surface area contributed by atoms with E-state index in [1.807, 2.05) is 42.5 Å². The second kappa shape index (κ2) is 9.01. The van der Waals surface area contributed by atoms with Gasteiger partial charge in [-0.3, -0.25) is 14.6 Å². The van der Waals surface area contributed by atoms with E-state index in [4.69, 9.17) is 4.74 Å². The van der Waals surface area contributed by atoms with Gasteiger partial charge in [-0.2, -0.15) is 0 Å². The first-order valence-corrected chi connectivity index (χ1v) is 12.9. The van der Waals surface area contributed by atoms with Crippen molar-refractivity contribution >= 4 is 34.5 Å². The first-order chi connectivity index (χ1) is 18.6. The SMILES string of the molecule is CC(C)(C)OC(=O)C(NC(=O)c1cnc2cc3c(cc2c1)C[C@@]1(C3)C(=O)Nc2ncccc21)c1ccccc1. The van der Waals surface area contributed by atoms with E-state index >= 15 is 0 Å². The molecule has 3 heterocycles. The number of hydrogen-bond donors (Lipinski definition) is 2. The van der Waals surface area contributed by atoms with Crippen LogP contribution in [0.5, 0.6) is 0 Å². The summed E-state index contributed by atoms with van der Waals surface area (Å²) in [5.41, 5.74) is 3.33. The number of ether oxygens (including phenoxy) is 1. The molecule has 1 aliphatic carbocycles. The molecule has 1 spiro atoms. The lowest BCUT2D eigenvalue weighted by atomic mass is 9.79. The van der Waals surface area contributed by atoms with Gasteiger partial charge in [0.1, 0.15) is 11.4 Å². The monoisotopic (exact) mass is 520 g/mol. The van der Waals surface area contributed by atoms with Crippen LogP contribution in [0.2, 0.25) is 0 Å². The summed E-state index contributed by atoms with van der Waals surface area (Å²) in [6, 6.07) is 17.6. The Bertz CT molecular complexity index is 1640. The number of benzene rings is 2. The van der Waals surface area contributed by atoms with E-state index in [1.165, 1.54) is 6.20 Å². The van der Waals surface area contributed by atoms with Crippen molar-refractivity contribution in [1.29, 1.82) is 0 Å². The zero-order valence-corrected chi connectivity index (χ0v) is 21.9. The highest BCUT2D eigenvalue weighted by Crippen LogP contribution is 2.47. The van der Waals surface area contributed by atoms with Gasteiger partial charge in [0.2, 0.25) is 5.91 Å². The van der Waals surface area contributed by atoms with Crippen molar-refractivity contribution in [2.75, 3.05) is 5.32 Å². The molecule has 0 bridgehead atoms. The number of pyridine rings is 2. The van der Waals surface area contributed by atoms with Crippen molar-refractivity contribution < 1.29 is 19.1 Å². The molecular weight excluding hydrogens is 492 g/mol. The Balaban J connectivity index is 1.29. The molecule has 2 amide bonds. The minimum Gasteiger partial charge on any atom is -0.458 e. The van der Waals surface area contributed by atoms with Crippen LogP contribution in [0.25, 0.3) is 10.9 Å². The van der Waals surface area contributed by atoms with Gasteiger partial charge in [-0.05, 0) is 74.6 Å². The fourth-order valence-electron chi connectivity index (χ4n) is 5.52. The summed E-state index contributed by atoms with van der Waals surface area (Å²) in [7, 11) is 0. The van der Waals surface area contributed by atoms with Gasteiger partial charge in [0.15, 0.2) is 6.04 Å². The average molecular weight is 521 g/mol. The lowest BCUT2D eigenvalue weighted by Crippen LogP contribution is -2.38. The van der Waals surface area contributed by atoms with Crippen LogP contribution in [-0.4, -0.2) is 33.4 Å².